The van der Waals surface area contributed by atoms with Crippen LogP contribution in [-0.2, 0) is 4.79 Å². The van der Waals surface area contributed by atoms with Crippen molar-refractivity contribution in [3.63, 3.8) is 0 Å². The molecule has 0 aromatic heterocycles. The number of allylic oxidation sites excluding steroid dienone is 1. The number of rotatable bonds is 5. The summed E-state index contributed by atoms with van der Waals surface area (Å²) in [6.07, 6.45) is 4.97. The number of carboxylic acid groups (broad SMARTS) is 1. The molecule has 1 heterocycles. The van der Waals surface area contributed by atoms with Crippen LogP contribution >= 0.6 is 0 Å². The first kappa shape index (κ1) is 15.5. The molecule has 1 saturated heterocycles. The highest BCUT2D eigenvalue weighted by Crippen LogP contribution is 2.30. The quantitative estimate of drug-likeness (QED) is 0.614. The highest BCUT2D eigenvalue weighted by Gasteiger charge is 2.39. The molecule has 0 radical (unpaired) electrons. The van der Waals surface area contributed by atoms with E-state index in [0.29, 0.717) is 26.1 Å². The maximum atomic E-state index is 12.2. The van der Waals surface area contributed by atoms with Crippen LogP contribution in [0.25, 0.3) is 0 Å². The Bertz CT molecular complexity index is 357. The summed E-state index contributed by atoms with van der Waals surface area (Å²) in [6, 6.07) is -0.0729. The summed E-state index contributed by atoms with van der Waals surface area (Å²) in [5.74, 6) is -0.820. The zero-order valence-corrected chi connectivity index (χ0v) is 11.9. The molecule has 2 amide bonds. The van der Waals surface area contributed by atoms with Crippen molar-refractivity contribution < 1.29 is 14.7 Å². The van der Waals surface area contributed by atoms with Gasteiger partial charge in [0.25, 0.3) is 0 Å². The van der Waals surface area contributed by atoms with E-state index >= 15 is 0 Å². The third-order valence-electron chi connectivity index (χ3n) is 3.71. The second kappa shape index (κ2) is 6.59. The first-order valence-electron chi connectivity index (χ1n) is 6.75. The van der Waals surface area contributed by atoms with Crippen LogP contribution in [0.3, 0.4) is 0 Å². The summed E-state index contributed by atoms with van der Waals surface area (Å²) in [7, 11) is 1.76. The van der Waals surface area contributed by atoms with E-state index in [1.165, 1.54) is 0 Å². The molecule has 1 aliphatic rings. The molecule has 1 atom stereocenters. The molecule has 19 heavy (non-hydrogen) atoms. The number of amides is 2. The average Bonchev–Trinajstić information content (AvgIpc) is 2.38. The molecular formula is C14H24N2O3. The molecule has 0 saturated carbocycles. The molecule has 0 aromatic carbocycles. The lowest BCUT2D eigenvalue weighted by Crippen LogP contribution is -2.51. The van der Waals surface area contributed by atoms with Gasteiger partial charge in [-0.15, -0.1) is 6.58 Å². The van der Waals surface area contributed by atoms with Gasteiger partial charge in [0, 0.05) is 26.7 Å². The molecule has 1 rings (SSSR count). The van der Waals surface area contributed by atoms with Crippen molar-refractivity contribution in [1.29, 1.82) is 0 Å². The standard InChI is InChI=1S/C14H24N2O3/c1-4-5-6-9-15(3)13(19)16-10-7-8-14(2,11-16)12(17)18/h4H,1,5-11H2,2-3H3,(H,17,18). The Balaban J connectivity index is 2.56. The number of hydrogen-bond donors (Lipinski definition) is 1. The highest BCUT2D eigenvalue weighted by atomic mass is 16.4. The van der Waals surface area contributed by atoms with Gasteiger partial charge < -0.3 is 14.9 Å². The monoisotopic (exact) mass is 268 g/mol. The van der Waals surface area contributed by atoms with Crippen LogP contribution in [0.1, 0.15) is 32.6 Å². The number of piperidine rings is 1. The van der Waals surface area contributed by atoms with Crippen LogP contribution in [0.15, 0.2) is 12.7 Å². The Morgan fingerprint density at radius 2 is 2.21 bits per heavy atom. The van der Waals surface area contributed by atoms with Gasteiger partial charge in [0.2, 0.25) is 0 Å². The number of urea groups is 1. The van der Waals surface area contributed by atoms with E-state index in [-0.39, 0.29) is 6.03 Å². The minimum Gasteiger partial charge on any atom is -0.481 e. The molecular weight excluding hydrogens is 244 g/mol. The number of nitrogens with zero attached hydrogens (tertiary/aromatic N) is 2. The second-order valence-corrected chi connectivity index (χ2v) is 5.53. The summed E-state index contributed by atoms with van der Waals surface area (Å²) in [6.45, 7) is 6.98. The van der Waals surface area contributed by atoms with Crippen LogP contribution in [0.4, 0.5) is 4.79 Å². The van der Waals surface area contributed by atoms with Crippen molar-refractivity contribution >= 4 is 12.0 Å². The lowest BCUT2D eigenvalue weighted by Gasteiger charge is -2.39. The Kier molecular flexibility index (Phi) is 5.39. The SMILES string of the molecule is C=CCCCN(C)C(=O)N1CCCC(C)(C(=O)O)C1. The number of carbonyl (C=O) groups excluding carboxylic acids is 1. The zero-order chi connectivity index (χ0) is 14.5. The molecule has 0 bridgehead atoms. The van der Waals surface area contributed by atoms with E-state index < -0.39 is 11.4 Å². The Morgan fingerprint density at radius 3 is 2.79 bits per heavy atom. The molecule has 108 valence electrons. The van der Waals surface area contributed by atoms with Gasteiger partial charge >= 0.3 is 12.0 Å². The van der Waals surface area contributed by atoms with E-state index in [0.717, 1.165) is 19.3 Å². The maximum absolute atomic E-state index is 12.2. The number of likely N-dealkylation sites (tertiary alicyclic amines) is 1. The fourth-order valence-corrected chi connectivity index (χ4v) is 2.39. The smallest absolute Gasteiger partial charge is 0.319 e. The van der Waals surface area contributed by atoms with E-state index in [9.17, 15) is 14.7 Å². The van der Waals surface area contributed by atoms with Gasteiger partial charge in [0.1, 0.15) is 0 Å². The molecule has 1 unspecified atom stereocenters. The molecule has 5 nitrogen and oxygen atoms in total. The van der Waals surface area contributed by atoms with Crippen LogP contribution in [-0.4, -0.2) is 53.6 Å². The van der Waals surface area contributed by atoms with Gasteiger partial charge in [-0.3, -0.25) is 4.79 Å². The van der Waals surface area contributed by atoms with Crippen molar-refractivity contribution in [2.45, 2.75) is 32.6 Å². The minimum absolute atomic E-state index is 0.0729. The molecule has 1 N–H and O–H groups in total. The van der Waals surface area contributed by atoms with Crippen molar-refractivity contribution in [1.82, 2.24) is 9.80 Å². The summed E-state index contributed by atoms with van der Waals surface area (Å²) >= 11 is 0. The Labute approximate surface area is 114 Å². The molecule has 1 fully saturated rings. The Hall–Kier alpha value is -1.52. The number of carbonyl (C=O) groups is 2. The summed E-state index contributed by atoms with van der Waals surface area (Å²) < 4.78 is 0. The number of hydrogen-bond acceptors (Lipinski definition) is 2. The lowest BCUT2D eigenvalue weighted by molar-refractivity contribution is -0.150. The lowest BCUT2D eigenvalue weighted by atomic mass is 9.82. The molecule has 0 aromatic rings. The zero-order valence-electron chi connectivity index (χ0n) is 11.9. The minimum atomic E-state index is -0.820. The van der Waals surface area contributed by atoms with Crippen molar-refractivity contribution in [2.75, 3.05) is 26.7 Å². The van der Waals surface area contributed by atoms with E-state index in [1.54, 1.807) is 23.8 Å². The summed E-state index contributed by atoms with van der Waals surface area (Å²) in [5, 5.41) is 9.25. The van der Waals surface area contributed by atoms with Gasteiger partial charge in [0.15, 0.2) is 0 Å². The molecule has 1 aliphatic heterocycles. The predicted octanol–water partition coefficient (Wildman–Crippen LogP) is 2.19. The van der Waals surface area contributed by atoms with E-state index in [4.69, 9.17) is 0 Å². The largest absolute Gasteiger partial charge is 0.481 e. The van der Waals surface area contributed by atoms with Gasteiger partial charge in [0.05, 0.1) is 5.41 Å². The third kappa shape index (κ3) is 3.98. The van der Waals surface area contributed by atoms with Crippen molar-refractivity contribution in [3.05, 3.63) is 12.7 Å². The predicted molar refractivity (Wildman–Crippen MR) is 74.0 cm³/mol. The molecule has 0 spiro atoms. The fourth-order valence-electron chi connectivity index (χ4n) is 2.39. The fraction of sp³-hybridized carbons (Fsp3) is 0.714. The number of carboxylic acids is 1. The summed E-state index contributed by atoms with van der Waals surface area (Å²) in [5.41, 5.74) is -0.810. The molecule has 0 aliphatic carbocycles. The van der Waals surface area contributed by atoms with Crippen LogP contribution in [0, 0.1) is 5.41 Å². The van der Waals surface area contributed by atoms with Crippen molar-refractivity contribution in [2.24, 2.45) is 5.41 Å². The number of unbranched alkanes of at least 4 members (excludes halogenated alkanes) is 1. The number of aliphatic carboxylic acids is 1. The maximum Gasteiger partial charge on any atom is 0.319 e. The van der Waals surface area contributed by atoms with Gasteiger partial charge in [-0.1, -0.05) is 6.08 Å². The van der Waals surface area contributed by atoms with Crippen LogP contribution in [0.2, 0.25) is 0 Å². The Morgan fingerprint density at radius 1 is 1.53 bits per heavy atom. The normalized spacial score (nSPS) is 22.9. The van der Waals surface area contributed by atoms with Gasteiger partial charge in [-0.05, 0) is 32.6 Å². The topological polar surface area (TPSA) is 60.9 Å². The molecule has 5 heteroatoms. The van der Waals surface area contributed by atoms with Crippen LogP contribution in [0.5, 0.6) is 0 Å². The second-order valence-electron chi connectivity index (χ2n) is 5.53. The van der Waals surface area contributed by atoms with Crippen LogP contribution < -0.4 is 0 Å². The average molecular weight is 268 g/mol. The van der Waals surface area contributed by atoms with E-state index in [2.05, 4.69) is 6.58 Å². The first-order valence-corrected chi connectivity index (χ1v) is 6.75. The van der Waals surface area contributed by atoms with Gasteiger partial charge in [-0.25, -0.2) is 4.79 Å². The van der Waals surface area contributed by atoms with Gasteiger partial charge in [-0.2, -0.15) is 0 Å². The third-order valence-corrected chi connectivity index (χ3v) is 3.71. The highest BCUT2D eigenvalue weighted by molar-refractivity contribution is 5.78. The first-order chi connectivity index (χ1) is 8.90. The summed E-state index contributed by atoms with van der Waals surface area (Å²) in [4.78, 5) is 26.8. The van der Waals surface area contributed by atoms with E-state index in [1.807, 2.05) is 6.08 Å². The van der Waals surface area contributed by atoms with Crippen molar-refractivity contribution in [3.8, 4) is 0 Å².